The molecule has 0 saturated heterocycles. The first-order valence-electron chi connectivity index (χ1n) is 5.97. The normalized spacial score (nSPS) is 14.2. The number of rotatable bonds is 1. The summed E-state index contributed by atoms with van der Waals surface area (Å²) in [5.41, 5.74) is 10.5. The molecule has 0 amide bonds. The lowest BCUT2D eigenvalue weighted by Gasteiger charge is -2.09. The van der Waals surface area contributed by atoms with Crippen LogP contribution >= 0.6 is 11.6 Å². The third-order valence-corrected chi connectivity index (χ3v) is 3.25. The van der Waals surface area contributed by atoms with Crippen LogP contribution in [0.1, 0.15) is 16.8 Å². The zero-order chi connectivity index (χ0) is 13.2. The highest BCUT2D eigenvalue weighted by atomic mass is 35.5. The van der Waals surface area contributed by atoms with Gasteiger partial charge in [-0.1, -0.05) is 35.9 Å². The van der Waals surface area contributed by atoms with E-state index in [0.29, 0.717) is 11.6 Å². The number of nitrogens with zero attached hydrogens (tertiary/aromatic N) is 2. The summed E-state index contributed by atoms with van der Waals surface area (Å²) in [7, 11) is 0. The van der Waals surface area contributed by atoms with Crippen LogP contribution in [-0.2, 0) is 0 Å². The van der Waals surface area contributed by atoms with Crippen LogP contribution in [0, 0.1) is 0 Å². The first kappa shape index (κ1) is 11.9. The van der Waals surface area contributed by atoms with Crippen molar-refractivity contribution in [2.45, 2.75) is 0 Å². The summed E-state index contributed by atoms with van der Waals surface area (Å²) in [5, 5.41) is 0.615. The Bertz CT molecular complexity index is 672. The Balaban J connectivity index is 2.16. The first-order chi connectivity index (χ1) is 9.25. The molecule has 0 aliphatic carbocycles. The van der Waals surface area contributed by atoms with E-state index in [1.54, 1.807) is 6.20 Å². The van der Waals surface area contributed by atoms with E-state index in [-0.39, 0.29) is 0 Å². The summed E-state index contributed by atoms with van der Waals surface area (Å²) in [6, 6.07) is 11.6. The molecular weight excluding hydrogens is 258 g/mol. The van der Waals surface area contributed by atoms with E-state index in [1.165, 1.54) is 0 Å². The number of hydrogen-bond acceptors (Lipinski definition) is 3. The SMILES string of the molecule is NC1=CCN=C(c2ccc(Cl)cn2)c2ccccc21. The topological polar surface area (TPSA) is 51.3 Å². The standard InChI is InChI=1S/C15H12ClN3/c16-10-5-6-14(19-9-10)15-12-4-2-1-3-11(12)13(17)7-8-18-15/h1-7,9H,8,17H2. The molecule has 3 rings (SSSR count). The van der Waals surface area contributed by atoms with Crippen LogP contribution in [0.15, 0.2) is 53.7 Å². The van der Waals surface area contributed by atoms with Gasteiger partial charge >= 0.3 is 0 Å². The summed E-state index contributed by atoms with van der Waals surface area (Å²) in [4.78, 5) is 8.91. The molecule has 1 aromatic carbocycles. The Labute approximate surface area is 116 Å². The van der Waals surface area contributed by atoms with Crippen molar-refractivity contribution >= 4 is 23.0 Å². The second-order valence-electron chi connectivity index (χ2n) is 4.26. The zero-order valence-electron chi connectivity index (χ0n) is 10.2. The number of pyridine rings is 1. The molecule has 3 nitrogen and oxygen atoms in total. The fraction of sp³-hybridized carbons (Fsp3) is 0.0667. The van der Waals surface area contributed by atoms with Gasteiger partial charge in [0.05, 0.1) is 23.0 Å². The number of nitrogens with two attached hydrogens (primary N) is 1. The van der Waals surface area contributed by atoms with Crippen molar-refractivity contribution in [1.29, 1.82) is 0 Å². The fourth-order valence-electron chi connectivity index (χ4n) is 2.11. The summed E-state index contributed by atoms with van der Waals surface area (Å²) in [6.45, 7) is 0.556. The molecule has 1 aliphatic heterocycles. The van der Waals surface area contributed by atoms with Gasteiger partial charge in [-0.05, 0) is 18.2 Å². The van der Waals surface area contributed by atoms with E-state index in [4.69, 9.17) is 17.3 Å². The minimum Gasteiger partial charge on any atom is -0.398 e. The van der Waals surface area contributed by atoms with Crippen LogP contribution in [0.2, 0.25) is 5.02 Å². The Morgan fingerprint density at radius 3 is 2.58 bits per heavy atom. The lowest BCUT2D eigenvalue weighted by molar-refractivity contribution is 1.22. The van der Waals surface area contributed by atoms with Gasteiger partial charge in [0.1, 0.15) is 0 Å². The maximum atomic E-state index is 6.06. The smallest absolute Gasteiger partial charge is 0.0913 e. The molecule has 2 aromatic rings. The third-order valence-electron chi connectivity index (χ3n) is 3.02. The molecule has 1 aliphatic rings. The van der Waals surface area contributed by atoms with Crippen LogP contribution in [0.4, 0.5) is 0 Å². The van der Waals surface area contributed by atoms with Gasteiger partial charge in [0, 0.05) is 23.0 Å². The molecule has 0 atom stereocenters. The highest BCUT2D eigenvalue weighted by Gasteiger charge is 2.15. The molecule has 94 valence electrons. The Morgan fingerprint density at radius 2 is 1.84 bits per heavy atom. The molecule has 4 heteroatoms. The summed E-state index contributed by atoms with van der Waals surface area (Å²) >= 11 is 5.87. The minimum atomic E-state index is 0.556. The Kier molecular flexibility index (Phi) is 3.05. The van der Waals surface area contributed by atoms with Crippen molar-refractivity contribution in [2.24, 2.45) is 10.7 Å². The molecule has 0 saturated carbocycles. The largest absolute Gasteiger partial charge is 0.398 e. The maximum absolute atomic E-state index is 6.06. The van der Waals surface area contributed by atoms with Crippen LogP contribution in [0.3, 0.4) is 0 Å². The number of aliphatic imine (C=N–C) groups is 1. The molecule has 2 N–H and O–H groups in total. The van der Waals surface area contributed by atoms with Gasteiger partial charge in [0.25, 0.3) is 0 Å². The van der Waals surface area contributed by atoms with Crippen molar-refractivity contribution in [2.75, 3.05) is 6.54 Å². The zero-order valence-corrected chi connectivity index (χ0v) is 10.9. The fourth-order valence-corrected chi connectivity index (χ4v) is 2.22. The lowest BCUT2D eigenvalue weighted by Crippen LogP contribution is -2.09. The van der Waals surface area contributed by atoms with Gasteiger partial charge in [-0.2, -0.15) is 0 Å². The second-order valence-corrected chi connectivity index (χ2v) is 4.69. The molecule has 0 bridgehead atoms. The molecule has 0 radical (unpaired) electrons. The number of halogens is 1. The average molecular weight is 270 g/mol. The van der Waals surface area contributed by atoms with Gasteiger partial charge < -0.3 is 5.73 Å². The number of aromatic nitrogens is 1. The second kappa shape index (κ2) is 4.86. The van der Waals surface area contributed by atoms with Crippen molar-refractivity contribution in [3.05, 3.63) is 70.5 Å². The van der Waals surface area contributed by atoms with E-state index in [0.717, 1.165) is 28.2 Å². The highest BCUT2D eigenvalue weighted by Crippen LogP contribution is 2.22. The van der Waals surface area contributed by atoms with Crippen LogP contribution in [0.5, 0.6) is 0 Å². The van der Waals surface area contributed by atoms with Gasteiger partial charge in [0.15, 0.2) is 0 Å². The predicted octanol–water partition coefficient (Wildman–Crippen LogP) is 2.89. The lowest BCUT2D eigenvalue weighted by atomic mass is 9.99. The van der Waals surface area contributed by atoms with Crippen LogP contribution < -0.4 is 5.73 Å². The van der Waals surface area contributed by atoms with E-state index >= 15 is 0 Å². The summed E-state index contributed by atoms with van der Waals surface area (Å²) in [5.74, 6) is 0. The Morgan fingerprint density at radius 1 is 1.05 bits per heavy atom. The minimum absolute atomic E-state index is 0.556. The number of fused-ring (bicyclic) bond motifs is 1. The van der Waals surface area contributed by atoms with E-state index in [1.807, 2.05) is 42.5 Å². The third kappa shape index (κ3) is 2.25. The molecule has 19 heavy (non-hydrogen) atoms. The molecular formula is C15H12ClN3. The van der Waals surface area contributed by atoms with Gasteiger partial charge in [0.2, 0.25) is 0 Å². The van der Waals surface area contributed by atoms with Crippen molar-refractivity contribution in [3.63, 3.8) is 0 Å². The molecule has 2 heterocycles. The van der Waals surface area contributed by atoms with Crippen molar-refractivity contribution < 1.29 is 0 Å². The van der Waals surface area contributed by atoms with Crippen molar-refractivity contribution in [3.8, 4) is 0 Å². The summed E-state index contributed by atoms with van der Waals surface area (Å²) in [6.07, 6.45) is 3.55. The van der Waals surface area contributed by atoms with E-state index < -0.39 is 0 Å². The van der Waals surface area contributed by atoms with Crippen molar-refractivity contribution in [1.82, 2.24) is 4.98 Å². The van der Waals surface area contributed by atoms with Gasteiger partial charge in [-0.25, -0.2) is 0 Å². The average Bonchev–Trinajstić information content (AvgIpc) is 2.60. The number of benzene rings is 1. The molecule has 0 fully saturated rings. The highest BCUT2D eigenvalue weighted by molar-refractivity contribution is 6.30. The molecule has 0 unspecified atom stereocenters. The quantitative estimate of drug-likeness (QED) is 0.865. The number of hydrogen-bond donors (Lipinski definition) is 1. The summed E-state index contributed by atoms with van der Waals surface area (Å²) < 4.78 is 0. The molecule has 1 aromatic heterocycles. The maximum Gasteiger partial charge on any atom is 0.0913 e. The van der Waals surface area contributed by atoms with Crippen LogP contribution in [0.25, 0.3) is 5.70 Å². The van der Waals surface area contributed by atoms with Gasteiger partial charge in [-0.15, -0.1) is 0 Å². The monoisotopic (exact) mass is 269 g/mol. The first-order valence-corrected chi connectivity index (χ1v) is 6.35. The van der Waals surface area contributed by atoms with Crippen LogP contribution in [-0.4, -0.2) is 17.2 Å². The van der Waals surface area contributed by atoms with E-state index in [9.17, 15) is 0 Å². The van der Waals surface area contributed by atoms with E-state index in [2.05, 4.69) is 9.98 Å². The Hall–Kier alpha value is -2.13. The predicted molar refractivity (Wildman–Crippen MR) is 78.4 cm³/mol. The molecule has 0 spiro atoms. The van der Waals surface area contributed by atoms with Gasteiger partial charge in [-0.3, -0.25) is 9.98 Å².